The number of hydrogen-bond acceptors (Lipinski definition) is 3. The Morgan fingerprint density at radius 2 is 2.18 bits per heavy atom. The summed E-state index contributed by atoms with van der Waals surface area (Å²) >= 11 is 7.97. The zero-order chi connectivity index (χ0) is 11.7. The number of rotatable bonds is 5. The second kappa shape index (κ2) is 5.19. The maximum atomic E-state index is 6.07. The van der Waals surface area contributed by atoms with Crippen LogP contribution in [0.1, 0.15) is 18.4 Å². The zero-order valence-electron chi connectivity index (χ0n) is 9.62. The van der Waals surface area contributed by atoms with Crippen LogP contribution in [0.5, 0.6) is 0 Å². The summed E-state index contributed by atoms with van der Waals surface area (Å²) in [5.74, 6) is 0. The van der Waals surface area contributed by atoms with Crippen LogP contribution >= 0.6 is 23.4 Å². The van der Waals surface area contributed by atoms with Crippen LogP contribution in [-0.2, 0) is 11.3 Å². The van der Waals surface area contributed by atoms with Crippen LogP contribution < -0.4 is 5.32 Å². The van der Waals surface area contributed by atoms with Crippen LogP contribution in [-0.4, -0.2) is 24.5 Å². The Kier molecular flexibility index (Phi) is 3.61. The molecule has 1 aliphatic heterocycles. The van der Waals surface area contributed by atoms with Crippen molar-refractivity contribution in [2.75, 3.05) is 13.2 Å². The number of nitrogens with one attached hydrogen (secondary N) is 1. The van der Waals surface area contributed by atoms with Crippen molar-refractivity contribution in [3.05, 3.63) is 28.8 Å². The SMILES string of the molecule is Clc1ccc(CNC2CC2)c(SC2COC2)c1. The van der Waals surface area contributed by atoms with Crippen molar-refractivity contribution in [3.8, 4) is 0 Å². The van der Waals surface area contributed by atoms with E-state index in [0.717, 1.165) is 30.8 Å². The Balaban J connectivity index is 1.69. The fraction of sp³-hybridized carbons (Fsp3) is 0.538. The lowest BCUT2D eigenvalue weighted by Crippen LogP contribution is -2.30. The Bertz CT molecular complexity index is 404. The van der Waals surface area contributed by atoms with Crippen molar-refractivity contribution in [2.45, 2.75) is 35.6 Å². The first-order chi connectivity index (χ1) is 8.31. The summed E-state index contributed by atoms with van der Waals surface area (Å²) < 4.78 is 5.22. The summed E-state index contributed by atoms with van der Waals surface area (Å²) in [6, 6.07) is 6.94. The molecule has 0 atom stereocenters. The average Bonchev–Trinajstić information content (AvgIpc) is 3.06. The van der Waals surface area contributed by atoms with Crippen LogP contribution in [0.2, 0.25) is 5.02 Å². The summed E-state index contributed by atoms with van der Waals surface area (Å²) in [5.41, 5.74) is 1.36. The second-order valence-electron chi connectivity index (χ2n) is 4.68. The topological polar surface area (TPSA) is 21.3 Å². The van der Waals surface area contributed by atoms with Crippen molar-refractivity contribution >= 4 is 23.4 Å². The molecule has 2 fully saturated rings. The minimum Gasteiger partial charge on any atom is -0.379 e. The molecule has 1 N–H and O–H groups in total. The standard InChI is InChI=1S/C13H16ClNOS/c14-10-2-1-9(6-15-11-3-4-11)13(5-10)17-12-7-16-8-12/h1-2,5,11-12,15H,3-4,6-8H2. The summed E-state index contributed by atoms with van der Waals surface area (Å²) in [7, 11) is 0. The van der Waals surface area contributed by atoms with Crippen molar-refractivity contribution < 1.29 is 4.74 Å². The molecule has 1 aromatic carbocycles. The lowest BCUT2D eigenvalue weighted by Gasteiger charge is -2.26. The average molecular weight is 270 g/mol. The molecule has 0 aromatic heterocycles. The van der Waals surface area contributed by atoms with Gasteiger partial charge in [0.25, 0.3) is 0 Å². The molecular weight excluding hydrogens is 254 g/mol. The van der Waals surface area contributed by atoms with Gasteiger partial charge in [0.15, 0.2) is 0 Å². The smallest absolute Gasteiger partial charge is 0.0611 e. The maximum absolute atomic E-state index is 6.07. The molecule has 2 nitrogen and oxygen atoms in total. The molecule has 0 spiro atoms. The van der Waals surface area contributed by atoms with Crippen molar-refractivity contribution in [2.24, 2.45) is 0 Å². The quantitative estimate of drug-likeness (QED) is 0.888. The normalized spacial score (nSPS) is 20.3. The molecule has 4 heteroatoms. The predicted molar refractivity (Wildman–Crippen MR) is 71.8 cm³/mol. The third-order valence-corrected chi connectivity index (χ3v) is 4.56. The first-order valence-electron chi connectivity index (χ1n) is 6.07. The van der Waals surface area contributed by atoms with Crippen molar-refractivity contribution in [1.82, 2.24) is 5.32 Å². The first-order valence-corrected chi connectivity index (χ1v) is 7.33. The number of halogens is 1. The highest BCUT2D eigenvalue weighted by atomic mass is 35.5. The van der Waals surface area contributed by atoms with E-state index in [2.05, 4.69) is 17.4 Å². The van der Waals surface area contributed by atoms with Gasteiger partial charge in [-0.1, -0.05) is 17.7 Å². The molecule has 0 unspecified atom stereocenters. The van der Waals surface area contributed by atoms with E-state index >= 15 is 0 Å². The lowest BCUT2D eigenvalue weighted by atomic mass is 10.2. The van der Waals surface area contributed by atoms with Gasteiger partial charge in [-0.3, -0.25) is 0 Å². The minimum absolute atomic E-state index is 0.605. The largest absolute Gasteiger partial charge is 0.379 e. The minimum atomic E-state index is 0.605. The third-order valence-electron chi connectivity index (χ3n) is 3.09. The van der Waals surface area contributed by atoms with Gasteiger partial charge in [-0.15, -0.1) is 11.8 Å². The highest BCUT2D eigenvalue weighted by Crippen LogP contribution is 2.33. The van der Waals surface area contributed by atoms with Gasteiger partial charge in [-0.25, -0.2) is 0 Å². The number of benzene rings is 1. The van der Waals surface area contributed by atoms with Crippen molar-refractivity contribution in [3.63, 3.8) is 0 Å². The fourth-order valence-electron chi connectivity index (χ4n) is 1.79. The van der Waals surface area contributed by atoms with Gasteiger partial charge in [-0.05, 0) is 30.5 Å². The van der Waals surface area contributed by atoms with E-state index in [1.165, 1.54) is 23.3 Å². The number of ether oxygens (including phenoxy) is 1. The summed E-state index contributed by atoms with van der Waals surface area (Å²) in [6.07, 6.45) is 2.65. The Morgan fingerprint density at radius 1 is 1.35 bits per heavy atom. The van der Waals surface area contributed by atoms with E-state index in [-0.39, 0.29) is 0 Å². The van der Waals surface area contributed by atoms with Crippen LogP contribution in [0.3, 0.4) is 0 Å². The highest BCUT2D eigenvalue weighted by molar-refractivity contribution is 8.00. The highest BCUT2D eigenvalue weighted by Gasteiger charge is 2.23. The summed E-state index contributed by atoms with van der Waals surface area (Å²) in [6.45, 7) is 2.69. The molecule has 0 amide bonds. The van der Waals surface area contributed by atoms with Gasteiger partial charge >= 0.3 is 0 Å². The molecule has 1 aromatic rings. The summed E-state index contributed by atoms with van der Waals surface area (Å²) in [4.78, 5) is 1.30. The van der Waals surface area contributed by atoms with Gasteiger partial charge in [0.2, 0.25) is 0 Å². The van der Waals surface area contributed by atoms with Crippen LogP contribution in [0.15, 0.2) is 23.1 Å². The van der Waals surface area contributed by atoms with E-state index < -0.39 is 0 Å². The molecule has 3 rings (SSSR count). The molecule has 1 heterocycles. The van der Waals surface area contributed by atoms with E-state index in [0.29, 0.717) is 5.25 Å². The second-order valence-corrected chi connectivity index (χ2v) is 6.46. The third kappa shape index (κ3) is 3.16. The van der Waals surface area contributed by atoms with Crippen LogP contribution in [0.25, 0.3) is 0 Å². The first kappa shape index (κ1) is 11.8. The van der Waals surface area contributed by atoms with E-state index in [9.17, 15) is 0 Å². The molecule has 0 bridgehead atoms. The molecular formula is C13H16ClNOS. The number of hydrogen-bond donors (Lipinski definition) is 1. The molecule has 1 saturated heterocycles. The van der Waals surface area contributed by atoms with Gasteiger partial charge in [0.05, 0.1) is 18.5 Å². The fourth-order valence-corrected chi connectivity index (χ4v) is 3.20. The molecule has 1 aliphatic carbocycles. The van der Waals surface area contributed by atoms with Gasteiger partial charge in [0.1, 0.15) is 0 Å². The van der Waals surface area contributed by atoms with Crippen LogP contribution in [0.4, 0.5) is 0 Å². The lowest BCUT2D eigenvalue weighted by molar-refractivity contribution is 0.0455. The van der Waals surface area contributed by atoms with Gasteiger partial charge in [0, 0.05) is 22.5 Å². The van der Waals surface area contributed by atoms with Crippen LogP contribution in [0, 0.1) is 0 Å². The predicted octanol–water partition coefficient (Wildman–Crippen LogP) is 3.08. The number of thioether (sulfide) groups is 1. The molecule has 2 aliphatic rings. The van der Waals surface area contributed by atoms with Gasteiger partial charge in [-0.2, -0.15) is 0 Å². The Hall–Kier alpha value is -0.220. The Labute approximate surface area is 111 Å². The molecule has 92 valence electrons. The van der Waals surface area contributed by atoms with E-state index in [1.807, 2.05) is 17.8 Å². The molecule has 17 heavy (non-hydrogen) atoms. The van der Waals surface area contributed by atoms with Crippen molar-refractivity contribution in [1.29, 1.82) is 0 Å². The van der Waals surface area contributed by atoms with Gasteiger partial charge < -0.3 is 10.1 Å². The van der Waals surface area contributed by atoms with E-state index in [4.69, 9.17) is 16.3 Å². The summed E-state index contributed by atoms with van der Waals surface area (Å²) in [5, 5.41) is 4.98. The Morgan fingerprint density at radius 3 is 2.82 bits per heavy atom. The van der Waals surface area contributed by atoms with E-state index in [1.54, 1.807) is 0 Å². The monoisotopic (exact) mass is 269 g/mol. The molecule has 0 radical (unpaired) electrons. The molecule has 1 saturated carbocycles. The maximum Gasteiger partial charge on any atom is 0.0611 e. The zero-order valence-corrected chi connectivity index (χ0v) is 11.2.